The number of benzene rings is 1. The third kappa shape index (κ3) is 6.14. The molecule has 2 aromatic heterocycles. The van der Waals surface area contributed by atoms with E-state index in [0.29, 0.717) is 12.5 Å². The van der Waals surface area contributed by atoms with Gasteiger partial charge in [0.25, 0.3) is 0 Å². The Morgan fingerprint density at radius 2 is 1.75 bits per heavy atom. The van der Waals surface area contributed by atoms with Crippen LogP contribution >= 0.6 is 0 Å². The first-order valence-corrected chi connectivity index (χ1v) is 11.2. The van der Waals surface area contributed by atoms with Crippen LogP contribution in [0.2, 0.25) is 0 Å². The van der Waals surface area contributed by atoms with Crippen LogP contribution < -0.4 is 10.1 Å². The van der Waals surface area contributed by atoms with Gasteiger partial charge in [0.15, 0.2) is 0 Å². The number of carbonyl (C=O) groups is 1. The number of carbonyl (C=O) groups excluding carboxylic acids is 1. The van der Waals surface area contributed by atoms with E-state index in [0.717, 1.165) is 49.6 Å². The van der Waals surface area contributed by atoms with Crippen LogP contribution in [-0.4, -0.2) is 33.9 Å². The van der Waals surface area contributed by atoms with Crippen molar-refractivity contribution in [2.75, 3.05) is 13.1 Å². The van der Waals surface area contributed by atoms with Crippen molar-refractivity contribution >= 4 is 5.91 Å². The molecule has 0 aliphatic carbocycles. The Labute approximate surface area is 189 Å². The summed E-state index contributed by atoms with van der Waals surface area (Å²) in [5.74, 6) is 1.24. The first-order chi connectivity index (χ1) is 15.7. The quantitative estimate of drug-likeness (QED) is 0.582. The van der Waals surface area contributed by atoms with Crippen LogP contribution in [0.1, 0.15) is 42.8 Å². The third-order valence-electron chi connectivity index (χ3n) is 5.91. The van der Waals surface area contributed by atoms with Gasteiger partial charge < -0.3 is 10.1 Å². The lowest BCUT2D eigenvalue weighted by molar-refractivity contribution is -0.120. The lowest BCUT2D eigenvalue weighted by Crippen LogP contribution is -2.40. The Kier molecular flexibility index (Phi) is 7.46. The van der Waals surface area contributed by atoms with E-state index in [1.54, 1.807) is 19.3 Å². The molecular formula is C26H30N4O2. The van der Waals surface area contributed by atoms with E-state index in [2.05, 4.69) is 32.3 Å². The van der Waals surface area contributed by atoms with E-state index in [1.807, 2.05) is 48.5 Å². The van der Waals surface area contributed by atoms with Crippen molar-refractivity contribution in [2.45, 2.75) is 39.0 Å². The highest BCUT2D eigenvalue weighted by Gasteiger charge is 2.29. The number of likely N-dealkylation sites (tertiary alicyclic amines) is 1. The van der Waals surface area contributed by atoms with Crippen molar-refractivity contribution in [3.8, 4) is 5.75 Å². The summed E-state index contributed by atoms with van der Waals surface area (Å²) in [6, 6.07) is 20.0. The molecule has 0 bridgehead atoms. The van der Waals surface area contributed by atoms with Gasteiger partial charge in [0.05, 0.1) is 17.4 Å². The zero-order chi connectivity index (χ0) is 22.2. The Hall–Kier alpha value is -3.25. The summed E-state index contributed by atoms with van der Waals surface area (Å²) in [6.45, 7) is 4.98. The summed E-state index contributed by atoms with van der Waals surface area (Å²) in [7, 11) is 0. The van der Waals surface area contributed by atoms with Crippen molar-refractivity contribution < 1.29 is 9.53 Å². The van der Waals surface area contributed by atoms with E-state index >= 15 is 0 Å². The number of amides is 1. The third-order valence-corrected chi connectivity index (χ3v) is 5.91. The predicted molar refractivity (Wildman–Crippen MR) is 124 cm³/mol. The number of pyridine rings is 2. The zero-order valence-electron chi connectivity index (χ0n) is 18.5. The second-order valence-electron chi connectivity index (χ2n) is 8.30. The first-order valence-electron chi connectivity index (χ1n) is 11.2. The smallest absolute Gasteiger partial charge is 0.217 e. The second kappa shape index (κ2) is 10.9. The molecule has 1 amide bonds. The van der Waals surface area contributed by atoms with Crippen molar-refractivity contribution in [3.63, 3.8) is 0 Å². The maximum absolute atomic E-state index is 11.8. The van der Waals surface area contributed by atoms with E-state index in [9.17, 15) is 4.79 Å². The Morgan fingerprint density at radius 1 is 1.03 bits per heavy atom. The molecule has 1 N–H and O–H groups in total. The number of aromatic nitrogens is 2. The Bertz CT molecular complexity index is 972. The van der Waals surface area contributed by atoms with E-state index < -0.39 is 0 Å². The second-order valence-corrected chi connectivity index (χ2v) is 8.30. The van der Waals surface area contributed by atoms with Crippen LogP contribution in [0.25, 0.3) is 0 Å². The average molecular weight is 431 g/mol. The fourth-order valence-corrected chi connectivity index (χ4v) is 4.25. The molecule has 0 unspecified atom stereocenters. The minimum absolute atomic E-state index is 0.00608. The van der Waals surface area contributed by atoms with Crippen molar-refractivity contribution in [2.24, 2.45) is 5.92 Å². The lowest BCUT2D eigenvalue weighted by Gasteiger charge is -2.36. The minimum atomic E-state index is -0.0219. The summed E-state index contributed by atoms with van der Waals surface area (Å²) in [5.41, 5.74) is 3.14. The average Bonchev–Trinajstić information content (AvgIpc) is 2.84. The molecule has 0 radical (unpaired) electrons. The SMILES string of the molecule is CC(=O)N[C@H](c1ccccn1)C1CCN(Cc2ccc(OCc3ccccn3)cc2)CC1. The number of hydrogen-bond acceptors (Lipinski definition) is 5. The molecule has 3 heterocycles. The highest BCUT2D eigenvalue weighted by molar-refractivity contribution is 5.73. The predicted octanol–water partition coefficient (Wildman–Crippen LogP) is 4.15. The van der Waals surface area contributed by atoms with E-state index in [-0.39, 0.29) is 11.9 Å². The van der Waals surface area contributed by atoms with Gasteiger partial charge in [0.1, 0.15) is 12.4 Å². The summed E-state index contributed by atoms with van der Waals surface area (Å²) in [4.78, 5) is 23.0. The molecule has 6 heteroatoms. The zero-order valence-corrected chi connectivity index (χ0v) is 18.5. The monoisotopic (exact) mass is 430 g/mol. The molecule has 1 atom stereocenters. The van der Waals surface area contributed by atoms with Crippen LogP contribution in [0.5, 0.6) is 5.75 Å². The Balaban J connectivity index is 1.28. The number of ether oxygens (including phenoxy) is 1. The topological polar surface area (TPSA) is 67.4 Å². The van der Waals surface area contributed by atoms with Crippen molar-refractivity contribution in [1.82, 2.24) is 20.2 Å². The first kappa shape index (κ1) is 22.0. The molecule has 1 fully saturated rings. The summed E-state index contributed by atoms with van der Waals surface area (Å²) >= 11 is 0. The van der Waals surface area contributed by atoms with Gasteiger partial charge in [-0.2, -0.15) is 0 Å². The van der Waals surface area contributed by atoms with Gasteiger partial charge in [-0.3, -0.25) is 19.7 Å². The molecular weight excluding hydrogens is 400 g/mol. The lowest BCUT2D eigenvalue weighted by atomic mass is 9.87. The summed E-state index contributed by atoms with van der Waals surface area (Å²) in [6.07, 6.45) is 5.64. The molecule has 166 valence electrons. The fourth-order valence-electron chi connectivity index (χ4n) is 4.25. The van der Waals surface area contributed by atoms with Gasteiger partial charge in [0.2, 0.25) is 5.91 Å². The number of nitrogens with one attached hydrogen (secondary N) is 1. The normalized spacial score (nSPS) is 15.8. The van der Waals surface area contributed by atoms with Crippen LogP contribution in [0, 0.1) is 5.92 Å². The van der Waals surface area contributed by atoms with Gasteiger partial charge in [-0.05, 0) is 73.8 Å². The molecule has 0 saturated carbocycles. The van der Waals surface area contributed by atoms with Crippen molar-refractivity contribution in [1.29, 1.82) is 0 Å². The fraction of sp³-hybridized carbons (Fsp3) is 0.346. The molecule has 1 aliphatic rings. The van der Waals surface area contributed by atoms with E-state index in [4.69, 9.17) is 4.74 Å². The largest absolute Gasteiger partial charge is 0.487 e. The van der Waals surface area contributed by atoms with Crippen LogP contribution in [0.15, 0.2) is 73.1 Å². The molecule has 1 saturated heterocycles. The molecule has 4 rings (SSSR count). The number of hydrogen-bond donors (Lipinski definition) is 1. The van der Waals surface area contributed by atoms with Crippen molar-refractivity contribution in [3.05, 3.63) is 90.0 Å². The number of piperidine rings is 1. The number of nitrogens with zero attached hydrogens (tertiary/aromatic N) is 3. The van der Waals surface area contributed by atoms with Gasteiger partial charge in [-0.15, -0.1) is 0 Å². The minimum Gasteiger partial charge on any atom is -0.487 e. The highest BCUT2D eigenvalue weighted by atomic mass is 16.5. The molecule has 3 aromatic rings. The highest BCUT2D eigenvalue weighted by Crippen LogP contribution is 2.30. The van der Waals surface area contributed by atoms with Crippen LogP contribution in [0.4, 0.5) is 0 Å². The Morgan fingerprint density at radius 3 is 2.38 bits per heavy atom. The van der Waals surface area contributed by atoms with Crippen LogP contribution in [-0.2, 0) is 17.9 Å². The maximum atomic E-state index is 11.8. The maximum Gasteiger partial charge on any atom is 0.217 e. The van der Waals surface area contributed by atoms with Gasteiger partial charge in [-0.25, -0.2) is 0 Å². The van der Waals surface area contributed by atoms with Crippen LogP contribution in [0.3, 0.4) is 0 Å². The van der Waals surface area contributed by atoms with Gasteiger partial charge in [-0.1, -0.05) is 24.3 Å². The molecule has 6 nitrogen and oxygen atoms in total. The standard InChI is InChI=1S/C26H30N4O2/c1-20(31)29-26(25-7-3-5-15-28-25)22-12-16-30(17-13-22)18-21-8-10-24(11-9-21)32-19-23-6-2-4-14-27-23/h2-11,14-15,22,26H,12-13,16-19H2,1H3,(H,29,31)/t26-/m0/s1. The molecule has 0 spiro atoms. The molecule has 1 aliphatic heterocycles. The molecule has 1 aromatic carbocycles. The van der Waals surface area contributed by atoms with E-state index in [1.165, 1.54) is 5.56 Å². The summed E-state index contributed by atoms with van der Waals surface area (Å²) in [5, 5.41) is 3.12. The summed E-state index contributed by atoms with van der Waals surface area (Å²) < 4.78 is 5.83. The van der Waals surface area contributed by atoms with Gasteiger partial charge in [0, 0.05) is 25.9 Å². The number of rotatable bonds is 8. The molecule has 32 heavy (non-hydrogen) atoms. The van der Waals surface area contributed by atoms with Gasteiger partial charge >= 0.3 is 0 Å².